The van der Waals surface area contributed by atoms with Crippen LogP contribution >= 0.6 is 0 Å². The molecule has 1 atom stereocenters. The molecule has 0 amide bonds. The van der Waals surface area contributed by atoms with E-state index in [-0.39, 0.29) is 0 Å². The minimum atomic E-state index is -1.33. The molecule has 0 spiro atoms. The van der Waals surface area contributed by atoms with E-state index in [0.29, 0.717) is 46.8 Å². The van der Waals surface area contributed by atoms with Crippen molar-refractivity contribution >= 4 is 11.7 Å². The molecule has 0 saturated heterocycles. The maximum atomic E-state index is 14.0. The Morgan fingerprint density at radius 3 is 2.63 bits per heavy atom. The van der Waals surface area contributed by atoms with E-state index < -0.39 is 23.5 Å². The van der Waals surface area contributed by atoms with Gasteiger partial charge in [0.05, 0.1) is 11.3 Å². The van der Waals surface area contributed by atoms with Crippen molar-refractivity contribution in [3.05, 3.63) is 77.1 Å². The van der Waals surface area contributed by atoms with E-state index in [0.717, 1.165) is 24.5 Å². The molecule has 3 aromatic rings. The highest BCUT2D eigenvalue weighted by atomic mass is 19.1. The van der Waals surface area contributed by atoms with E-state index in [4.69, 9.17) is 19.2 Å². The first kappa shape index (κ1) is 24.1. The quantitative estimate of drug-likeness (QED) is 0.217. The number of benzene rings is 2. The number of aromatic nitrogens is 2. The van der Waals surface area contributed by atoms with Crippen molar-refractivity contribution in [2.24, 2.45) is 5.16 Å². The van der Waals surface area contributed by atoms with E-state index in [1.807, 2.05) is 38.1 Å². The van der Waals surface area contributed by atoms with Crippen molar-refractivity contribution < 1.29 is 28.4 Å². The number of carbonyl (C=O) groups is 1. The molecular weight excluding hydrogens is 453 g/mol. The van der Waals surface area contributed by atoms with Crippen LogP contribution in [-0.4, -0.2) is 33.0 Å². The van der Waals surface area contributed by atoms with Gasteiger partial charge in [-0.25, -0.2) is 9.18 Å². The molecule has 2 aromatic carbocycles. The fourth-order valence-electron chi connectivity index (χ4n) is 3.42. The fraction of sp³-hybridized carbons (Fsp3) is 0.308. The van der Waals surface area contributed by atoms with Crippen LogP contribution in [0.15, 0.2) is 64.0 Å². The average Bonchev–Trinajstić information content (AvgIpc) is 3.60. The van der Waals surface area contributed by atoms with Crippen molar-refractivity contribution in [1.29, 1.82) is 0 Å². The van der Waals surface area contributed by atoms with Crippen LogP contribution in [0.25, 0.3) is 11.4 Å². The second kappa shape index (κ2) is 10.5. The van der Waals surface area contributed by atoms with Crippen LogP contribution < -0.4 is 4.74 Å². The van der Waals surface area contributed by atoms with Crippen molar-refractivity contribution in [3.63, 3.8) is 0 Å². The van der Waals surface area contributed by atoms with E-state index >= 15 is 0 Å². The van der Waals surface area contributed by atoms with Gasteiger partial charge in [0.1, 0.15) is 11.6 Å². The SMILES string of the molecule is CC=C(O/N=C(\C)c1ccc(C(=O)O)c(F)c1)C(CC)Oc1ccc(-c2noc(C3CC3)n2)cc1. The van der Waals surface area contributed by atoms with Gasteiger partial charge in [-0.15, -0.1) is 0 Å². The van der Waals surface area contributed by atoms with Crippen LogP contribution in [0.3, 0.4) is 0 Å². The molecule has 1 heterocycles. The molecule has 1 unspecified atom stereocenters. The molecule has 1 aromatic heterocycles. The number of ether oxygens (including phenoxy) is 1. The largest absolute Gasteiger partial charge is 0.482 e. The lowest BCUT2D eigenvalue weighted by Gasteiger charge is -2.19. The van der Waals surface area contributed by atoms with Gasteiger partial charge in [-0.3, -0.25) is 0 Å². The maximum Gasteiger partial charge on any atom is 0.338 e. The minimum absolute atomic E-state index is 0.394. The number of carboxylic acid groups (broad SMARTS) is 1. The highest BCUT2D eigenvalue weighted by Crippen LogP contribution is 2.39. The number of carboxylic acids is 1. The van der Waals surface area contributed by atoms with Gasteiger partial charge in [0.25, 0.3) is 0 Å². The maximum absolute atomic E-state index is 14.0. The molecule has 1 aliphatic rings. The van der Waals surface area contributed by atoms with Crippen molar-refractivity contribution in [3.8, 4) is 17.1 Å². The summed E-state index contributed by atoms with van der Waals surface area (Å²) in [7, 11) is 0. The number of aromatic carboxylic acids is 1. The zero-order chi connectivity index (χ0) is 24.9. The highest BCUT2D eigenvalue weighted by Gasteiger charge is 2.29. The Balaban J connectivity index is 1.41. The molecule has 9 heteroatoms. The first-order chi connectivity index (χ1) is 16.9. The summed E-state index contributed by atoms with van der Waals surface area (Å²) >= 11 is 0. The molecule has 1 aliphatic carbocycles. The molecule has 4 rings (SSSR count). The molecule has 35 heavy (non-hydrogen) atoms. The predicted molar refractivity (Wildman–Crippen MR) is 127 cm³/mol. The lowest BCUT2D eigenvalue weighted by atomic mass is 10.1. The summed E-state index contributed by atoms with van der Waals surface area (Å²) in [6.07, 6.45) is 4.17. The lowest BCUT2D eigenvalue weighted by molar-refractivity contribution is 0.0692. The van der Waals surface area contributed by atoms with Crippen LogP contribution in [0.5, 0.6) is 5.75 Å². The fourth-order valence-corrected chi connectivity index (χ4v) is 3.42. The third kappa shape index (κ3) is 5.74. The Morgan fingerprint density at radius 1 is 1.29 bits per heavy atom. The van der Waals surface area contributed by atoms with Crippen molar-refractivity contribution in [2.45, 2.75) is 52.1 Å². The number of oxime groups is 1. The first-order valence-electron chi connectivity index (χ1n) is 11.4. The van der Waals surface area contributed by atoms with Crippen LogP contribution in [0.4, 0.5) is 4.39 Å². The zero-order valence-corrected chi connectivity index (χ0v) is 19.7. The third-order valence-corrected chi connectivity index (χ3v) is 5.64. The lowest BCUT2D eigenvalue weighted by Crippen LogP contribution is -2.19. The number of allylic oxidation sites excluding steroid dienone is 1. The Morgan fingerprint density at radius 2 is 2.03 bits per heavy atom. The molecule has 0 aliphatic heterocycles. The number of hydrogen-bond donors (Lipinski definition) is 1. The van der Waals surface area contributed by atoms with Gasteiger partial charge >= 0.3 is 5.97 Å². The molecule has 0 radical (unpaired) electrons. The summed E-state index contributed by atoms with van der Waals surface area (Å²) in [5.41, 5.74) is 1.25. The smallest absolute Gasteiger partial charge is 0.338 e. The topological polar surface area (TPSA) is 107 Å². The number of hydrogen-bond acceptors (Lipinski definition) is 7. The molecular formula is C26H26FN3O5. The van der Waals surface area contributed by atoms with Gasteiger partial charge in [0, 0.05) is 17.0 Å². The predicted octanol–water partition coefficient (Wildman–Crippen LogP) is 5.95. The first-order valence-corrected chi connectivity index (χ1v) is 11.4. The van der Waals surface area contributed by atoms with Crippen LogP contribution in [-0.2, 0) is 4.84 Å². The second-order valence-corrected chi connectivity index (χ2v) is 8.23. The van der Waals surface area contributed by atoms with Gasteiger partial charge in [-0.2, -0.15) is 4.98 Å². The molecule has 1 fully saturated rings. The normalized spacial score (nSPS) is 15.1. The summed E-state index contributed by atoms with van der Waals surface area (Å²) < 4.78 is 25.4. The van der Waals surface area contributed by atoms with E-state index in [1.54, 1.807) is 13.0 Å². The Bertz CT molecular complexity index is 1260. The highest BCUT2D eigenvalue weighted by molar-refractivity contribution is 5.99. The molecule has 1 saturated carbocycles. The van der Waals surface area contributed by atoms with Crippen molar-refractivity contribution in [2.75, 3.05) is 0 Å². The van der Waals surface area contributed by atoms with Gasteiger partial charge in [0.2, 0.25) is 11.7 Å². The summed E-state index contributed by atoms with van der Waals surface area (Å²) in [5, 5.41) is 17.1. The minimum Gasteiger partial charge on any atom is -0.482 e. The summed E-state index contributed by atoms with van der Waals surface area (Å²) in [5.74, 6) is 0.620. The number of nitrogens with zero attached hydrogens (tertiary/aromatic N) is 3. The van der Waals surface area contributed by atoms with E-state index in [9.17, 15) is 9.18 Å². The van der Waals surface area contributed by atoms with Gasteiger partial charge < -0.3 is 19.2 Å². The summed E-state index contributed by atoms with van der Waals surface area (Å²) in [6, 6.07) is 11.2. The van der Waals surface area contributed by atoms with E-state index in [1.165, 1.54) is 12.1 Å². The summed E-state index contributed by atoms with van der Waals surface area (Å²) in [4.78, 5) is 21.1. The second-order valence-electron chi connectivity index (χ2n) is 8.23. The monoisotopic (exact) mass is 479 g/mol. The zero-order valence-electron chi connectivity index (χ0n) is 19.7. The molecule has 8 nitrogen and oxygen atoms in total. The average molecular weight is 480 g/mol. The number of halogens is 1. The molecule has 1 N–H and O–H groups in total. The summed E-state index contributed by atoms with van der Waals surface area (Å²) in [6.45, 7) is 5.42. The molecule has 182 valence electrons. The van der Waals surface area contributed by atoms with Gasteiger partial charge in [-0.05, 0) is 75.6 Å². The third-order valence-electron chi connectivity index (χ3n) is 5.64. The van der Waals surface area contributed by atoms with Crippen LogP contribution in [0, 0.1) is 5.82 Å². The van der Waals surface area contributed by atoms with E-state index in [2.05, 4.69) is 15.3 Å². The van der Waals surface area contributed by atoms with Gasteiger partial charge in [0.15, 0.2) is 11.9 Å². The van der Waals surface area contributed by atoms with Crippen LogP contribution in [0.2, 0.25) is 0 Å². The Kier molecular flexibility index (Phi) is 7.24. The Hall–Kier alpha value is -4.01. The Labute approximate surface area is 202 Å². The van der Waals surface area contributed by atoms with Gasteiger partial charge in [-0.1, -0.05) is 23.3 Å². The molecule has 0 bridgehead atoms. The standard InChI is InChI=1S/C26H26FN3O5/c1-4-22(23(5-2)34-29-15(3)18-10-13-20(26(31)32)21(27)14-18)33-19-11-8-16(9-12-19)24-28-25(35-30-24)17-6-7-17/h5,8-14,17,22H,4,6-7H2,1-3H3,(H,31,32)/b23-5?,29-15+. The van der Waals surface area contributed by atoms with Crippen LogP contribution in [0.1, 0.15) is 67.8 Å². The number of rotatable bonds is 10. The van der Waals surface area contributed by atoms with Crippen molar-refractivity contribution in [1.82, 2.24) is 10.1 Å².